The van der Waals surface area contributed by atoms with Gasteiger partial charge in [-0.05, 0) is 73.2 Å². The molecule has 1 amide bonds. The van der Waals surface area contributed by atoms with Crippen molar-refractivity contribution in [1.82, 2.24) is 9.36 Å². The lowest BCUT2D eigenvalue weighted by Crippen LogP contribution is -2.57. The number of hydrogen-bond acceptors (Lipinski definition) is 8. The van der Waals surface area contributed by atoms with Crippen molar-refractivity contribution < 1.29 is 24.2 Å². The number of azo groups is 1. The number of aliphatic hydroxyl groups excluding tert-OH is 1. The van der Waals surface area contributed by atoms with Crippen LogP contribution in [0.15, 0.2) is 130 Å². The van der Waals surface area contributed by atoms with Gasteiger partial charge in [-0.15, -0.1) is 0 Å². The van der Waals surface area contributed by atoms with Crippen LogP contribution in [0, 0.1) is 6.92 Å². The zero-order valence-corrected chi connectivity index (χ0v) is 27.5. The molecule has 4 aromatic carbocycles. The molecule has 0 aliphatic carbocycles. The van der Waals surface area contributed by atoms with Crippen LogP contribution in [0.1, 0.15) is 16.8 Å². The van der Waals surface area contributed by atoms with Crippen molar-refractivity contribution >= 4 is 52.1 Å². The van der Waals surface area contributed by atoms with Gasteiger partial charge < -0.3 is 9.84 Å². The van der Waals surface area contributed by atoms with Gasteiger partial charge in [0.25, 0.3) is 11.3 Å². The number of methoxy groups -OCH3 is 1. The van der Waals surface area contributed by atoms with Gasteiger partial charge in [-0.1, -0.05) is 60.1 Å². The molecule has 0 spiro atoms. The maximum Gasteiger partial charge on any atom is 0.337 e. The Morgan fingerprint density at radius 2 is 1.41 bits per heavy atom. The zero-order valence-electron chi connectivity index (χ0n) is 26.7. The smallest absolute Gasteiger partial charge is 0.337 e. The van der Waals surface area contributed by atoms with E-state index in [2.05, 4.69) is 10.2 Å². The molecule has 5 aromatic rings. The fourth-order valence-electron chi connectivity index (χ4n) is 6.03. The summed E-state index contributed by atoms with van der Waals surface area (Å²) in [5, 5.41) is 20.6. The van der Waals surface area contributed by atoms with E-state index in [0.29, 0.717) is 27.6 Å². The molecule has 1 aromatic heterocycles. The van der Waals surface area contributed by atoms with Crippen LogP contribution in [0.2, 0.25) is 5.02 Å². The monoisotopic (exact) mass is 675 g/mol. The number of para-hydroxylation sites is 1. The zero-order chi connectivity index (χ0) is 34.9. The lowest BCUT2D eigenvalue weighted by Gasteiger charge is -2.35. The van der Waals surface area contributed by atoms with Gasteiger partial charge in [-0.25, -0.2) is 9.48 Å². The number of esters is 1. The number of ketones is 1. The summed E-state index contributed by atoms with van der Waals surface area (Å²) in [6.45, 7) is 1.60. The van der Waals surface area contributed by atoms with E-state index >= 15 is 0 Å². The summed E-state index contributed by atoms with van der Waals surface area (Å²) in [6, 6.07) is 30.4. The molecule has 11 nitrogen and oxygen atoms in total. The molecule has 1 saturated heterocycles. The molecule has 1 aliphatic heterocycles. The lowest BCUT2D eigenvalue weighted by atomic mass is 9.81. The van der Waals surface area contributed by atoms with E-state index in [0.717, 1.165) is 12.0 Å². The van der Waals surface area contributed by atoms with Gasteiger partial charge >= 0.3 is 11.9 Å². The number of aromatic nitrogens is 2. The number of amides is 1. The second kappa shape index (κ2) is 13.2. The van der Waals surface area contributed by atoms with Gasteiger partial charge in [-0.3, -0.25) is 24.0 Å². The molecule has 1 aliphatic rings. The first-order valence-corrected chi connectivity index (χ1v) is 15.5. The fraction of sp³-hybridized carbons (Fsp3) is 0.135. The minimum atomic E-state index is -2.31. The van der Waals surface area contributed by atoms with E-state index in [9.17, 15) is 24.3 Å². The molecule has 1 N–H and O–H groups in total. The average Bonchev–Trinajstić information content (AvgIpc) is 3.47. The Bertz CT molecular complexity index is 2190. The summed E-state index contributed by atoms with van der Waals surface area (Å²) in [6.07, 6.45) is -0.348. The largest absolute Gasteiger partial charge is 0.507 e. The van der Waals surface area contributed by atoms with E-state index in [-0.39, 0.29) is 23.4 Å². The number of hydrogen-bond donors (Lipinski definition) is 1. The Hall–Kier alpha value is -6.07. The highest BCUT2D eigenvalue weighted by atomic mass is 35.5. The van der Waals surface area contributed by atoms with Crippen molar-refractivity contribution in [3.8, 4) is 5.69 Å². The Morgan fingerprint density at radius 1 is 0.837 bits per heavy atom. The molecule has 246 valence electrons. The Labute approximate surface area is 285 Å². The molecule has 1 atom stereocenters. The maximum atomic E-state index is 14.3. The van der Waals surface area contributed by atoms with Gasteiger partial charge in [-0.2, -0.15) is 10.2 Å². The van der Waals surface area contributed by atoms with Gasteiger partial charge in [0.15, 0.2) is 5.54 Å². The summed E-state index contributed by atoms with van der Waals surface area (Å²) in [4.78, 5) is 57.7. The number of ether oxygens (including phenoxy) is 1. The van der Waals surface area contributed by atoms with Crippen LogP contribution < -0.4 is 10.5 Å². The molecule has 2 heterocycles. The van der Waals surface area contributed by atoms with Crippen molar-refractivity contribution in [2.75, 3.05) is 12.0 Å². The van der Waals surface area contributed by atoms with Crippen LogP contribution in [0.3, 0.4) is 0 Å². The molecule has 0 radical (unpaired) electrons. The number of benzene rings is 4. The van der Waals surface area contributed by atoms with E-state index < -0.39 is 40.1 Å². The van der Waals surface area contributed by atoms with Gasteiger partial charge in [0.2, 0.25) is 0 Å². The Balaban J connectivity index is 1.57. The van der Waals surface area contributed by atoms with Crippen molar-refractivity contribution in [2.45, 2.75) is 18.9 Å². The number of aliphatic hydroxyl groups is 1. The highest BCUT2D eigenvalue weighted by Gasteiger charge is 2.64. The second-order valence-electron chi connectivity index (χ2n) is 11.3. The van der Waals surface area contributed by atoms with Crippen LogP contribution in [0.4, 0.5) is 17.1 Å². The molecular weight excluding hydrogens is 646 g/mol. The molecule has 1 fully saturated rings. The SMILES string of the molecule is COC(=O)C1(Cc2ccc(N=Nc3ccccc3)cc2)/C(=C(/O)c2ccc(Cl)cc2)C(=O)C(=O)N1c1c(C)n(C)n(-c2ccccc2)c1=O. The molecule has 12 heteroatoms. The number of carbonyl (C=O) groups is 3. The lowest BCUT2D eigenvalue weighted by molar-refractivity contribution is -0.146. The van der Waals surface area contributed by atoms with Crippen LogP contribution in [0.5, 0.6) is 0 Å². The molecule has 0 bridgehead atoms. The predicted molar refractivity (Wildman–Crippen MR) is 185 cm³/mol. The minimum Gasteiger partial charge on any atom is -0.507 e. The predicted octanol–water partition coefficient (Wildman–Crippen LogP) is 6.59. The third-order valence-corrected chi connectivity index (χ3v) is 8.73. The number of nitrogens with zero attached hydrogens (tertiary/aromatic N) is 5. The van der Waals surface area contributed by atoms with Crippen LogP contribution >= 0.6 is 11.6 Å². The number of halogens is 1. The number of Topliss-reactive ketones (excluding diaryl/α,β-unsaturated/α-hetero) is 1. The normalized spacial score (nSPS) is 17.2. The summed E-state index contributed by atoms with van der Waals surface area (Å²) < 4.78 is 8.16. The van der Waals surface area contributed by atoms with E-state index in [1.165, 1.54) is 33.6 Å². The van der Waals surface area contributed by atoms with Crippen LogP contribution in [0.25, 0.3) is 11.4 Å². The summed E-state index contributed by atoms with van der Waals surface area (Å²) >= 11 is 6.08. The third-order valence-electron chi connectivity index (χ3n) is 8.48. The average molecular weight is 676 g/mol. The van der Waals surface area contributed by atoms with Gasteiger partial charge in [0.1, 0.15) is 11.4 Å². The van der Waals surface area contributed by atoms with Crippen molar-refractivity contribution in [1.29, 1.82) is 0 Å². The quantitative estimate of drug-likeness (QED) is 0.0648. The molecule has 0 saturated carbocycles. The number of carbonyl (C=O) groups excluding carboxylic acids is 3. The van der Waals surface area contributed by atoms with Crippen molar-refractivity contribution in [2.24, 2.45) is 17.3 Å². The molecule has 49 heavy (non-hydrogen) atoms. The molecule has 1 unspecified atom stereocenters. The fourth-order valence-corrected chi connectivity index (χ4v) is 6.15. The number of rotatable bonds is 8. The Kier molecular flexibility index (Phi) is 8.86. The first kappa shape index (κ1) is 32.9. The van der Waals surface area contributed by atoms with Gasteiger partial charge in [0, 0.05) is 24.1 Å². The standard InChI is InChI=1S/C37H30ClN5O6/c1-23-31(34(46)43(41(23)2)29-12-8-5-9-13-29)42-35(47)33(45)30(32(44)25-16-18-26(38)19-17-25)37(42,36(48)49-3)22-24-14-20-28(21-15-24)40-39-27-10-6-4-7-11-27/h4-21,44H,22H2,1-3H3/b32-30+,40-39?. The topological polar surface area (TPSA) is 136 Å². The van der Waals surface area contributed by atoms with Crippen LogP contribution in [-0.2, 0) is 32.6 Å². The summed E-state index contributed by atoms with van der Waals surface area (Å²) in [5.74, 6) is -4.02. The highest BCUT2D eigenvalue weighted by molar-refractivity contribution is 6.54. The highest BCUT2D eigenvalue weighted by Crippen LogP contribution is 2.44. The number of anilines is 1. The first-order chi connectivity index (χ1) is 23.6. The van der Waals surface area contributed by atoms with Crippen LogP contribution in [-0.4, -0.2) is 44.8 Å². The van der Waals surface area contributed by atoms with E-state index in [1.54, 1.807) is 80.7 Å². The van der Waals surface area contributed by atoms with E-state index in [1.807, 2.05) is 18.2 Å². The summed E-state index contributed by atoms with van der Waals surface area (Å²) in [5.41, 5.74) is -1.20. The second-order valence-corrected chi connectivity index (χ2v) is 11.8. The first-order valence-electron chi connectivity index (χ1n) is 15.1. The van der Waals surface area contributed by atoms with Crippen molar-refractivity contribution in [3.63, 3.8) is 0 Å². The van der Waals surface area contributed by atoms with E-state index in [4.69, 9.17) is 16.3 Å². The van der Waals surface area contributed by atoms with Crippen molar-refractivity contribution in [3.05, 3.63) is 147 Å². The van der Waals surface area contributed by atoms with Gasteiger partial charge in [0.05, 0.1) is 35.4 Å². The molecular formula is C37H30ClN5O6. The molecule has 6 rings (SSSR count). The Morgan fingerprint density at radius 3 is 2.00 bits per heavy atom. The third kappa shape index (κ3) is 5.74. The maximum absolute atomic E-state index is 14.3. The summed E-state index contributed by atoms with van der Waals surface area (Å²) in [7, 11) is 2.74. The minimum absolute atomic E-state index is 0.124.